The summed E-state index contributed by atoms with van der Waals surface area (Å²) in [5.74, 6) is 0.0306. The van der Waals surface area contributed by atoms with Crippen LogP contribution in [-0.2, 0) is 28.6 Å². The predicted octanol–water partition coefficient (Wildman–Crippen LogP) is 1.38. The first-order valence-electron chi connectivity index (χ1n) is 6.09. The first kappa shape index (κ1) is 15.5. The zero-order chi connectivity index (χ0) is 13.8. The van der Waals surface area contributed by atoms with Crippen LogP contribution >= 0.6 is 11.6 Å². The molecule has 0 amide bonds. The molecule has 104 valence electrons. The van der Waals surface area contributed by atoms with E-state index in [1.54, 1.807) is 4.68 Å². The van der Waals surface area contributed by atoms with Crippen molar-refractivity contribution in [2.45, 2.75) is 39.0 Å². The number of rotatable bonds is 7. The molecule has 5 nitrogen and oxygen atoms in total. The van der Waals surface area contributed by atoms with Crippen LogP contribution in [0.4, 0.5) is 0 Å². The monoisotopic (exact) mass is 293 g/mol. The number of aryl methyl sites for hydroxylation is 2. The third-order valence-electron chi connectivity index (χ3n) is 2.71. The quantitative estimate of drug-likeness (QED) is 0.824. The lowest BCUT2D eigenvalue weighted by molar-refractivity contribution is 0.583. The second-order valence-corrected chi connectivity index (χ2v) is 6.67. The summed E-state index contributed by atoms with van der Waals surface area (Å²) in [5.41, 5.74) is 6.68. The standard InChI is InChI=1S/C11H20ClN3O2S/c1-3-9-11(12)10(15(4-2)14-9)8-18(16,17)7-5-6-13/h3-8,13H2,1-2H3. The van der Waals surface area contributed by atoms with E-state index in [4.69, 9.17) is 17.3 Å². The van der Waals surface area contributed by atoms with Crippen molar-refractivity contribution in [1.29, 1.82) is 0 Å². The van der Waals surface area contributed by atoms with Crippen molar-refractivity contribution in [2.24, 2.45) is 5.73 Å². The van der Waals surface area contributed by atoms with Gasteiger partial charge in [-0.05, 0) is 26.3 Å². The SMILES string of the molecule is CCc1nn(CC)c(CS(=O)(=O)CCCN)c1Cl. The number of aromatic nitrogens is 2. The van der Waals surface area contributed by atoms with Crippen LogP contribution in [0.1, 0.15) is 31.7 Å². The van der Waals surface area contributed by atoms with Gasteiger partial charge in [-0.25, -0.2) is 8.42 Å². The fourth-order valence-electron chi connectivity index (χ4n) is 1.74. The maximum atomic E-state index is 11.9. The number of sulfone groups is 1. The van der Waals surface area contributed by atoms with Gasteiger partial charge in [-0.1, -0.05) is 18.5 Å². The van der Waals surface area contributed by atoms with Crippen molar-refractivity contribution >= 4 is 21.4 Å². The van der Waals surface area contributed by atoms with Crippen molar-refractivity contribution in [3.05, 3.63) is 16.4 Å². The number of hydrogen-bond acceptors (Lipinski definition) is 4. The molecule has 0 saturated heterocycles. The van der Waals surface area contributed by atoms with E-state index in [2.05, 4.69) is 5.10 Å². The second-order valence-electron chi connectivity index (χ2n) is 4.11. The minimum absolute atomic E-state index is 0.0628. The van der Waals surface area contributed by atoms with Crippen LogP contribution < -0.4 is 5.73 Å². The van der Waals surface area contributed by atoms with Gasteiger partial charge in [-0.2, -0.15) is 5.10 Å². The molecule has 0 aliphatic rings. The highest BCUT2D eigenvalue weighted by molar-refractivity contribution is 7.90. The molecule has 0 aliphatic heterocycles. The fourth-order valence-corrected chi connectivity index (χ4v) is 3.61. The Kier molecular flexibility index (Phi) is 5.62. The van der Waals surface area contributed by atoms with E-state index in [9.17, 15) is 8.42 Å². The third kappa shape index (κ3) is 3.70. The number of halogens is 1. The van der Waals surface area contributed by atoms with Crippen LogP contribution in [-0.4, -0.2) is 30.5 Å². The summed E-state index contributed by atoms with van der Waals surface area (Å²) in [4.78, 5) is 0. The molecule has 0 radical (unpaired) electrons. The molecule has 0 fully saturated rings. The Labute approximate surface area is 113 Å². The van der Waals surface area contributed by atoms with Gasteiger partial charge < -0.3 is 5.73 Å². The fraction of sp³-hybridized carbons (Fsp3) is 0.727. The van der Waals surface area contributed by atoms with Crippen LogP contribution in [0.2, 0.25) is 5.02 Å². The van der Waals surface area contributed by atoms with Crippen molar-refractivity contribution < 1.29 is 8.42 Å². The summed E-state index contributed by atoms with van der Waals surface area (Å²) in [6.07, 6.45) is 1.17. The van der Waals surface area contributed by atoms with Gasteiger partial charge in [0.25, 0.3) is 0 Å². The van der Waals surface area contributed by atoms with Crippen LogP contribution in [0.25, 0.3) is 0 Å². The van der Waals surface area contributed by atoms with Crippen LogP contribution in [0.3, 0.4) is 0 Å². The normalized spacial score (nSPS) is 12.0. The van der Waals surface area contributed by atoms with Gasteiger partial charge in [-0.3, -0.25) is 4.68 Å². The predicted molar refractivity (Wildman–Crippen MR) is 73.5 cm³/mol. The van der Waals surface area contributed by atoms with Gasteiger partial charge in [0.1, 0.15) is 0 Å². The van der Waals surface area contributed by atoms with Gasteiger partial charge in [0, 0.05) is 6.54 Å². The van der Waals surface area contributed by atoms with Crippen LogP contribution in [0.5, 0.6) is 0 Å². The molecule has 0 aliphatic carbocycles. The largest absolute Gasteiger partial charge is 0.330 e. The molecule has 1 aromatic heterocycles. The average Bonchev–Trinajstić information content (AvgIpc) is 2.63. The van der Waals surface area contributed by atoms with Gasteiger partial charge in [0.2, 0.25) is 0 Å². The van der Waals surface area contributed by atoms with E-state index in [-0.39, 0.29) is 11.5 Å². The molecule has 0 atom stereocenters. The van der Waals surface area contributed by atoms with E-state index in [1.165, 1.54) is 0 Å². The molecule has 1 aromatic rings. The number of nitrogens with zero attached hydrogens (tertiary/aromatic N) is 2. The lowest BCUT2D eigenvalue weighted by Gasteiger charge is -2.06. The topological polar surface area (TPSA) is 78.0 Å². The molecule has 0 saturated carbocycles. The Balaban J connectivity index is 2.99. The summed E-state index contributed by atoms with van der Waals surface area (Å²) < 4.78 is 25.5. The van der Waals surface area contributed by atoms with E-state index in [1.807, 2.05) is 13.8 Å². The minimum atomic E-state index is -3.17. The van der Waals surface area contributed by atoms with Crippen LogP contribution in [0.15, 0.2) is 0 Å². The highest BCUT2D eigenvalue weighted by Crippen LogP contribution is 2.23. The molecule has 7 heteroatoms. The molecule has 0 aromatic carbocycles. The summed E-state index contributed by atoms with van der Waals surface area (Å²) in [6, 6.07) is 0. The molecule has 1 rings (SSSR count). The Morgan fingerprint density at radius 3 is 2.56 bits per heavy atom. The maximum Gasteiger partial charge on any atom is 0.156 e. The van der Waals surface area contributed by atoms with Crippen molar-refractivity contribution in [2.75, 3.05) is 12.3 Å². The van der Waals surface area contributed by atoms with Crippen molar-refractivity contribution in [3.63, 3.8) is 0 Å². The zero-order valence-electron chi connectivity index (χ0n) is 10.8. The Morgan fingerprint density at radius 2 is 2.06 bits per heavy atom. The van der Waals surface area contributed by atoms with E-state index in [0.717, 1.165) is 5.69 Å². The first-order chi connectivity index (χ1) is 8.45. The van der Waals surface area contributed by atoms with E-state index in [0.29, 0.717) is 36.6 Å². The zero-order valence-corrected chi connectivity index (χ0v) is 12.4. The molecule has 0 spiro atoms. The Morgan fingerprint density at radius 1 is 1.39 bits per heavy atom. The summed E-state index contributed by atoms with van der Waals surface area (Å²) in [6.45, 7) is 4.85. The highest BCUT2D eigenvalue weighted by Gasteiger charge is 2.20. The molecule has 0 unspecified atom stereocenters. The smallest absolute Gasteiger partial charge is 0.156 e. The molecule has 1 heterocycles. The Bertz CT molecular complexity index is 497. The van der Waals surface area contributed by atoms with E-state index < -0.39 is 9.84 Å². The van der Waals surface area contributed by atoms with Gasteiger partial charge in [0.15, 0.2) is 9.84 Å². The van der Waals surface area contributed by atoms with Crippen molar-refractivity contribution in [1.82, 2.24) is 9.78 Å². The first-order valence-corrected chi connectivity index (χ1v) is 8.29. The lowest BCUT2D eigenvalue weighted by Crippen LogP contribution is -2.15. The van der Waals surface area contributed by atoms with Gasteiger partial charge in [-0.15, -0.1) is 0 Å². The minimum Gasteiger partial charge on any atom is -0.330 e. The summed E-state index contributed by atoms with van der Waals surface area (Å²) in [5, 5.41) is 4.79. The molecule has 2 N–H and O–H groups in total. The van der Waals surface area contributed by atoms with Gasteiger partial charge in [0.05, 0.1) is 27.9 Å². The summed E-state index contributed by atoms with van der Waals surface area (Å²) in [7, 11) is -3.17. The van der Waals surface area contributed by atoms with Crippen LogP contribution in [0, 0.1) is 0 Å². The van der Waals surface area contributed by atoms with E-state index >= 15 is 0 Å². The molecular weight excluding hydrogens is 274 g/mol. The highest BCUT2D eigenvalue weighted by atomic mass is 35.5. The molecular formula is C11H20ClN3O2S. The summed E-state index contributed by atoms with van der Waals surface area (Å²) >= 11 is 6.18. The maximum absolute atomic E-state index is 11.9. The molecule has 0 bridgehead atoms. The second kappa shape index (κ2) is 6.54. The lowest BCUT2D eigenvalue weighted by atomic mass is 10.3. The number of hydrogen-bond donors (Lipinski definition) is 1. The van der Waals surface area contributed by atoms with Gasteiger partial charge >= 0.3 is 0 Å². The third-order valence-corrected chi connectivity index (χ3v) is 4.77. The number of nitrogens with two attached hydrogens (primary N) is 1. The van der Waals surface area contributed by atoms with Crippen molar-refractivity contribution in [3.8, 4) is 0 Å². The molecule has 18 heavy (non-hydrogen) atoms. The Hall–Kier alpha value is -0.590. The average molecular weight is 294 g/mol.